The van der Waals surface area contributed by atoms with Gasteiger partial charge in [0.05, 0.1) is 19.6 Å². The van der Waals surface area contributed by atoms with E-state index in [0.29, 0.717) is 32.2 Å². The summed E-state index contributed by atoms with van der Waals surface area (Å²) in [6.45, 7) is 1.66. The van der Waals surface area contributed by atoms with Crippen LogP contribution < -0.4 is 5.32 Å². The maximum absolute atomic E-state index is 11.4. The highest BCUT2D eigenvalue weighted by molar-refractivity contribution is 5.72. The van der Waals surface area contributed by atoms with Crippen LogP contribution in [-0.2, 0) is 14.3 Å². The Morgan fingerprint density at radius 3 is 2.72 bits per heavy atom. The number of esters is 1. The highest BCUT2D eigenvalue weighted by atomic mass is 16.5. The Morgan fingerprint density at radius 2 is 2.17 bits per heavy atom. The lowest BCUT2D eigenvalue weighted by molar-refractivity contribution is -0.146. The van der Waals surface area contributed by atoms with Gasteiger partial charge in [-0.3, -0.25) is 4.79 Å². The fourth-order valence-corrected chi connectivity index (χ4v) is 2.77. The van der Waals surface area contributed by atoms with E-state index < -0.39 is 5.60 Å². The molecule has 5 heteroatoms. The summed E-state index contributed by atoms with van der Waals surface area (Å²) in [7, 11) is 1.45. The smallest absolute Gasteiger partial charge is 0.308 e. The molecular weight excluding hydrogens is 234 g/mol. The number of nitrogens with one attached hydrogen (secondary N) is 1. The Hall–Kier alpha value is -0.650. The number of methoxy groups -OCH3 is 1. The molecule has 1 heterocycles. The van der Waals surface area contributed by atoms with Crippen LogP contribution in [0.3, 0.4) is 0 Å². The third kappa shape index (κ3) is 3.43. The summed E-state index contributed by atoms with van der Waals surface area (Å²) in [6, 6.07) is 0.399. The van der Waals surface area contributed by atoms with Crippen molar-refractivity contribution in [1.82, 2.24) is 5.32 Å². The van der Waals surface area contributed by atoms with Crippen molar-refractivity contribution in [1.29, 1.82) is 0 Å². The van der Waals surface area contributed by atoms with Crippen molar-refractivity contribution in [3.8, 4) is 0 Å². The summed E-state index contributed by atoms with van der Waals surface area (Å²) >= 11 is 0. The number of hydrogen-bond donors (Lipinski definition) is 2. The van der Waals surface area contributed by atoms with E-state index in [1.54, 1.807) is 0 Å². The van der Waals surface area contributed by atoms with Gasteiger partial charge in [-0.2, -0.15) is 0 Å². The van der Waals surface area contributed by atoms with Crippen LogP contribution in [0.1, 0.15) is 32.1 Å². The third-order valence-corrected chi connectivity index (χ3v) is 4.06. The zero-order chi connectivity index (χ0) is 13.0. The summed E-state index contributed by atoms with van der Waals surface area (Å²) in [4.78, 5) is 11.4. The minimum Gasteiger partial charge on any atom is -0.469 e. The first kappa shape index (κ1) is 13.8. The lowest BCUT2D eigenvalue weighted by atomic mass is 9.86. The van der Waals surface area contributed by atoms with Crippen molar-refractivity contribution in [3.63, 3.8) is 0 Å². The lowest BCUT2D eigenvalue weighted by Gasteiger charge is -2.30. The van der Waals surface area contributed by atoms with E-state index in [1.807, 2.05) is 0 Å². The van der Waals surface area contributed by atoms with Crippen LogP contribution in [0.15, 0.2) is 0 Å². The number of rotatable bonds is 4. The van der Waals surface area contributed by atoms with Gasteiger partial charge < -0.3 is 19.9 Å². The molecule has 2 rings (SSSR count). The zero-order valence-corrected chi connectivity index (χ0v) is 11.0. The molecule has 5 nitrogen and oxygen atoms in total. The van der Waals surface area contributed by atoms with E-state index in [1.165, 1.54) is 7.11 Å². The van der Waals surface area contributed by atoms with Crippen molar-refractivity contribution in [3.05, 3.63) is 0 Å². The van der Waals surface area contributed by atoms with Crippen LogP contribution in [-0.4, -0.2) is 49.6 Å². The number of ether oxygens (including phenoxy) is 2. The molecule has 2 N–H and O–H groups in total. The van der Waals surface area contributed by atoms with Crippen LogP contribution in [0.5, 0.6) is 0 Å². The molecule has 104 valence electrons. The summed E-state index contributed by atoms with van der Waals surface area (Å²) in [5.41, 5.74) is -0.695. The summed E-state index contributed by atoms with van der Waals surface area (Å²) in [5.74, 6) is -0.0257. The molecule has 1 unspecified atom stereocenters. The Kier molecular flexibility index (Phi) is 4.59. The molecule has 2 fully saturated rings. The van der Waals surface area contributed by atoms with E-state index in [-0.39, 0.29) is 11.9 Å². The van der Waals surface area contributed by atoms with Crippen molar-refractivity contribution in [2.45, 2.75) is 43.7 Å². The summed E-state index contributed by atoms with van der Waals surface area (Å²) in [6.07, 6.45) is 4.39. The quantitative estimate of drug-likeness (QED) is 0.716. The normalized spacial score (nSPS) is 36.6. The van der Waals surface area contributed by atoms with Crippen LogP contribution in [0.4, 0.5) is 0 Å². The van der Waals surface area contributed by atoms with Gasteiger partial charge in [-0.05, 0) is 25.7 Å². The Bertz CT molecular complexity index is 281. The predicted octanol–water partition coefficient (Wildman–Crippen LogP) is 0.459. The first-order chi connectivity index (χ1) is 8.63. The van der Waals surface area contributed by atoms with Crippen LogP contribution in [0, 0.1) is 5.92 Å². The second-order valence-corrected chi connectivity index (χ2v) is 5.48. The van der Waals surface area contributed by atoms with Crippen molar-refractivity contribution < 1.29 is 19.4 Å². The van der Waals surface area contributed by atoms with Gasteiger partial charge in [0.15, 0.2) is 0 Å². The highest BCUT2D eigenvalue weighted by Crippen LogP contribution is 2.26. The molecule has 0 aromatic carbocycles. The van der Waals surface area contributed by atoms with E-state index in [2.05, 4.69) is 5.32 Å². The second kappa shape index (κ2) is 5.99. The monoisotopic (exact) mass is 257 g/mol. The highest BCUT2D eigenvalue weighted by Gasteiger charge is 2.33. The maximum Gasteiger partial charge on any atom is 0.308 e. The molecule has 0 bridgehead atoms. The number of aliphatic hydroxyl groups is 1. The molecular formula is C13H23NO4. The molecule has 0 spiro atoms. The third-order valence-electron chi connectivity index (χ3n) is 4.06. The van der Waals surface area contributed by atoms with Crippen molar-refractivity contribution in [2.75, 3.05) is 26.9 Å². The van der Waals surface area contributed by atoms with Crippen molar-refractivity contribution in [2.24, 2.45) is 5.92 Å². The number of hydrogen-bond acceptors (Lipinski definition) is 5. The molecule has 1 saturated heterocycles. The Morgan fingerprint density at radius 1 is 1.44 bits per heavy atom. The summed E-state index contributed by atoms with van der Waals surface area (Å²) in [5, 5.41) is 13.5. The molecule has 0 aromatic heterocycles. The van der Waals surface area contributed by atoms with E-state index in [9.17, 15) is 9.90 Å². The van der Waals surface area contributed by atoms with Gasteiger partial charge in [-0.15, -0.1) is 0 Å². The second-order valence-electron chi connectivity index (χ2n) is 5.48. The fourth-order valence-electron chi connectivity index (χ4n) is 2.77. The van der Waals surface area contributed by atoms with Gasteiger partial charge in [0, 0.05) is 25.6 Å². The molecule has 18 heavy (non-hydrogen) atoms. The molecule has 1 aliphatic heterocycles. The first-order valence-corrected chi connectivity index (χ1v) is 6.74. The molecule has 1 atom stereocenters. The molecule has 2 aliphatic rings. The van der Waals surface area contributed by atoms with Crippen LogP contribution in [0.2, 0.25) is 0 Å². The lowest BCUT2D eigenvalue weighted by Crippen LogP contribution is -2.46. The van der Waals surface area contributed by atoms with E-state index in [4.69, 9.17) is 9.47 Å². The molecule has 0 amide bonds. The zero-order valence-electron chi connectivity index (χ0n) is 11.0. The van der Waals surface area contributed by atoms with Gasteiger partial charge in [-0.25, -0.2) is 0 Å². The van der Waals surface area contributed by atoms with Crippen LogP contribution >= 0.6 is 0 Å². The average Bonchev–Trinajstić information content (AvgIpc) is 2.83. The van der Waals surface area contributed by atoms with Gasteiger partial charge in [0.2, 0.25) is 0 Å². The largest absolute Gasteiger partial charge is 0.469 e. The van der Waals surface area contributed by atoms with Crippen LogP contribution in [0.25, 0.3) is 0 Å². The van der Waals surface area contributed by atoms with Gasteiger partial charge >= 0.3 is 5.97 Å². The first-order valence-electron chi connectivity index (χ1n) is 6.74. The van der Waals surface area contributed by atoms with E-state index >= 15 is 0 Å². The maximum atomic E-state index is 11.4. The molecule has 0 aromatic rings. The summed E-state index contributed by atoms with van der Waals surface area (Å²) < 4.78 is 9.98. The Balaban J connectivity index is 1.69. The van der Waals surface area contributed by atoms with Crippen molar-refractivity contribution >= 4 is 5.97 Å². The van der Waals surface area contributed by atoms with E-state index in [0.717, 1.165) is 25.7 Å². The Labute approximate surface area is 108 Å². The fraction of sp³-hybridized carbons (Fsp3) is 0.923. The van der Waals surface area contributed by atoms with Gasteiger partial charge in [0.25, 0.3) is 0 Å². The molecule has 1 saturated carbocycles. The predicted molar refractivity (Wildman–Crippen MR) is 66.2 cm³/mol. The molecule has 0 radical (unpaired) electrons. The standard InChI is InChI=1S/C13H23NO4/c1-17-12(15)10-2-4-11(5-3-10)14-8-13(16)6-7-18-9-13/h10-11,14,16H,2-9H2,1H3. The van der Waals surface area contributed by atoms with Gasteiger partial charge in [-0.1, -0.05) is 0 Å². The minimum absolute atomic E-state index is 0.0611. The number of carbonyl (C=O) groups is 1. The minimum atomic E-state index is -0.695. The average molecular weight is 257 g/mol. The molecule has 1 aliphatic carbocycles. The number of carbonyl (C=O) groups excluding carboxylic acids is 1. The van der Waals surface area contributed by atoms with Gasteiger partial charge in [0.1, 0.15) is 5.60 Å². The topological polar surface area (TPSA) is 67.8 Å². The SMILES string of the molecule is COC(=O)C1CCC(NCC2(O)CCOC2)CC1.